The van der Waals surface area contributed by atoms with Gasteiger partial charge in [-0.2, -0.15) is 0 Å². The van der Waals surface area contributed by atoms with E-state index in [1.54, 1.807) is 4.90 Å². The van der Waals surface area contributed by atoms with Gasteiger partial charge < -0.3 is 14.8 Å². The molecule has 2 aliphatic rings. The Bertz CT molecular complexity index is 1130. The molecule has 178 valence electrons. The van der Waals surface area contributed by atoms with E-state index in [4.69, 9.17) is 9.47 Å². The Morgan fingerprint density at radius 1 is 1.26 bits per heavy atom. The lowest BCUT2D eigenvalue weighted by atomic mass is 10.2. The zero-order valence-corrected chi connectivity index (χ0v) is 19.5. The van der Waals surface area contributed by atoms with Crippen LogP contribution in [0, 0.1) is 10.1 Å². The molecule has 11 heteroatoms. The van der Waals surface area contributed by atoms with Crippen molar-refractivity contribution >= 4 is 45.8 Å². The highest BCUT2D eigenvalue weighted by Gasteiger charge is 2.46. The fraction of sp³-hybridized carbons (Fsp3) is 0.348. The minimum Gasteiger partial charge on any atom is -0.494 e. The summed E-state index contributed by atoms with van der Waals surface area (Å²) in [6, 6.07) is 11.4. The first-order valence-corrected chi connectivity index (χ1v) is 11.7. The highest BCUT2D eigenvalue weighted by atomic mass is 32.2. The first-order valence-electron chi connectivity index (χ1n) is 10.8. The topological polar surface area (TPSA) is 123 Å². The molecule has 1 N–H and O–H groups in total. The van der Waals surface area contributed by atoms with Crippen LogP contribution in [0.25, 0.3) is 0 Å². The molecule has 1 heterocycles. The summed E-state index contributed by atoms with van der Waals surface area (Å²) in [6.45, 7) is 2.49. The van der Waals surface area contributed by atoms with Crippen LogP contribution < -0.4 is 14.8 Å². The molecule has 2 aromatic carbocycles. The monoisotopic (exact) mass is 484 g/mol. The van der Waals surface area contributed by atoms with Gasteiger partial charge in [0.25, 0.3) is 5.69 Å². The molecular weight excluding hydrogens is 460 g/mol. The molecule has 34 heavy (non-hydrogen) atoms. The molecule has 4 rings (SSSR count). The van der Waals surface area contributed by atoms with Crippen LogP contribution in [0.4, 0.5) is 17.1 Å². The number of anilines is 1. The molecule has 2 fully saturated rings. The highest BCUT2D eigenvalue weighted by molar-refractivity contribution is 8.15. The number of non-ortho nitro benzene ring substituents is 1. The summed E-state index contributed by atoms with van der Waals surface area (Å²) >= 11 is 1.27. The molecule has 2 amide bonds. The quantitative estimate of drug-likeness (QED) is 0.419. The number of carbonyl (C=O) groups excluding carboxylic acids is 2. The second kappa shape index (κ2) is 10.1. The second-order valence-corrected chi connectivity index (χ2v) is 8.93. The zero-order chi connectivity index (χ0) is 24.2. The number of hydrogen-bond acceptors (Lipinski definition) is 8. The number of amides is 2. The number of nitrogens with zero attached hydrogens (tertiary/aromatic N) is 3. The summed E-state index contributed by atoms with van der Waals surface area (Å²) in [4.78, 5) is 42.6. The molecule has 1 aliphatic carbocycles. The van der Waals surface area contributed by atoms with Gasteiger partial charge >= 0.3 is 0 Å². The van der Waals surface area contributed by atoms with Crippen LogP contribution in [0.2, 0.25) is 0 Å². The Morgan fingerprint density at radius 3 is 2.62 bits per heavy atom. The van der Waals surface area contributed by atoms with Crippen molar-refractivity contribution in [1.82, 2.24) is 4.90 Å². The lowest BCUT2D eigenvalue weighted by Gasteiger charge is -2.15. The molecule has 1 atom stereocenters. The number of methoxy groups -OCH3 is 1. The molecule has 1 saturated carbocycles. The number of nitro benzene ring substituents is 1. The van der Waals surface area contributed by atoms with Gasteiger partial charge in [-0.1, -0.05) is 11.8 Å². The Hall–Kier alpha value is -3.60. The van der Waals surface area contributed by atoms with E-state index in [-0.39, 0.29) is 29.8 Å². The third kappa shape index (κ3) is 5.30. The number of amidine groups is 1. The molecule has 1 aliphatic heterocycles. The molecule has 10 nitrogen and oxygen atoms in total. The summed E-state index contributed by atoms with van der Waals surface area (Å²) in [5.41, 5.74) is 0.854. The number of ether oxygens (including phenoxy) is 2. The number of nitrogens with one attached hydrogen (secondary N) is 1. The first-order chi connectivity index (χ1) is 16.4. The third-order valence-corrected chi connectivity index (χ3v) is 6.44. The highest BCUT2D eigenvalue weighted by Crippen LogP contribution is 2.40. The van der Waals surface area contributed by atoms with Gasteiger partial charge in [0.1, 0.15) is 16.7 Å². The maximum atomic E-state index is 13.1. The fourth-order valence-corrected chi connectivity index (χ4v) is 4.74. The van der Waals surface area contributed by atoms with E-state index in [1.165, 1.54) is 37.1 Å². The Labute approximate surface area is 200 Å². The van der Waals surface area contributed by atoms with Gasteiger partial charge in [0.05, 0.1) is 36.1 Å². The number of benzene rings is 2. The van der Waals surface area contributed by atoms with E-state index in [0.29, 0.717) is 23.1 Å². The maximum Gasteiger partial charge on any atom is 0.273 e. The first kappa shape index (κ1) is 23.6. The summed E-state index contributed by atoms with van der Waals surface area (Å²) < 4.78 is 10.6. The van der Waals surface area contributed by atoms with Crippen LogP contribution in [0.5, 0.6) is 11.5 Å². The van der Waals surface area contributed by atoms with Crippen molar-refractivity contribution in [2.45, 2.75) is 37.5 Å². The van der Waals surface area contributed by atoms with Crippen LogP contribution in [-0.2, 0) is 9.59 Å². The van der Waals surface area contributed by atoms with Gasteiger partial charge in [-0.15, -0.1) is 0 Å². The number of rotatable bonds is 9. The van der Waals surface area contributed by atoms with Gasteiger partial charge in [0.2, 0.25) is 11.8 Å². The number of nitro groups is 1. The summed E-state index contributed by atoms with van der Waals surface area (Å²) in [7, 11) is 1.36. The predicted molar refractivity (Wildman–Crippen MR) is 129 cm³/mol. The summed E-state index contributed by atoms with van der Waals surface area (Å²) in [5, 5.41) is 13.6. The van der Waals surface area contributed by atoms with Crippen molar-refractivity contribution in [3.63, 3.8) is 0 Å². The molecular formula is C23H24N4O6S. The van der Waals surface area contributed by atoms with Gasteiger partial charge in [-0.3, -0.25) is 24.6 Å². The van der Waals surface area contributed by atoms with Gasteiger partial charge in [-0.05, 0) is 50.1 Å². The normalized spacial score (nSPS) is 18.8. The number of thioether (sulfide) groups is 1. The van der Waals surface area contributed by atoms with Crippen LogP contribution in [0.15, 0.2) is 47.5 Å². The van der Waals surface area contributed by atoms with Crippen molar-refractivity contribution in [2.75, 3.05) is 19.0 Å². The fourth-order valence-electron chi connectivity index (χ4n) is 3.52. The minimum absolute atomic E-state index is 0.0604. The van der Waals surface area contributed by atoms with Crippen molar-refractivity contribution in [1.29, 1.82) is 0 Å². The van der Waals surface area contributed by atoms with Crippen LogP contribution in [-0.4, -0.2) is 51.8 Å². The Balaban J connectivity index is 1.47. The summed E-state index contributed by atoms with van der Waals surface area (Å²) in [5.74, 6) is 0.390. The van der Waals surface area contributed by atoms with Crippen LogP contribution in [0.1, 0.15) is 26.2 Å². The molecule has 0 bridgehead atoms. The third-order valence-electron chi connectivity index (χ3n) is 5.29. The van der Waals surface area contributed by atoms with Crippen molar-refractivity contribution in [2.24, 2.45) is 4.99 Å². The van der Waals surface area contributed by atoms with E-state index in [0.717, 1.165) is 18.6 Å². The summed E-state index contributed by atoms with van der Waals surface area (Å²) in [6.07, 6.45) is 1.76. The van der Waals surface area contributed by atoms with Crippen molar-refractivity contribution < 1.29 is 24.0 Å². The molecule has 0 aromatic heterocycles. The minimum atomic E-state index is -0.605. The van der Waals surface area contributed by atoms with E-state index in [2.05, 4.69) is 10.3 Å². The lowest BCUT2D eigenvalue weighted by Crippen LogP contribution is -2.35. The van der Waals surface area contributed by atoms with E-state index in [9.17, 15) is 19.7 Å². The molecule has 0 spiro atoms. The van der Waals surface area contributed by atoms with Gasteiger partial charge in [0.15, 0.2) is 5.17 Å². The van der Waals surface area contributed by atoms with Gasteiger partial charge in [-0.25, -0.2) is 4.99 Å². The number of carbonyl (C=O) groups is 2. The maximum absolute atomic E-state index is 13.1. The Morgan fingerprint density at radius 2 is 2.00 bits per heavy atom. The molecule has 0 radical (unpaired) electrons. The van der Waals surface area contributed by atoms with E-state index < -0.39 is 16.1 Å². The number of hydrogen-bond donors (Lipinski definition) is 1. The number of aliphatic imine (C=N–C) groups is 1. The average molecular weight is 485 g/mol. The molecule has 2 aromatic rings. The molecule has 1 unspecified atom stereocenters. The molecule has 1 saturated heterocycles. The van der Waals surface area contributed by atoms with Crippen LogP contribution >= 0.6 is 11.8 Å². The van der Waals surface area contributed by atoms with Gasteiger partial charge in [0, 0.05) is 18.5 Å². The van der Waals surface area contributed by atoms with Crippen molar-refractivity contribution in [3.8, 4) is 11.5 Å². The predicted octanol–water partition coefficient (Wildman–Crippen LogP) is 4.12. The van der Waals surface area contributed by atoms with Crippen LogP contribution in [0.3, 0.4) is 0 Å². The second-order valence-electron chi connectivity index (χ2n) is 7.76. The van der Waals surface area contributed by atoms with Crippen molar-refractivity contribution in [3.05, 3.63) is 52.6 Å². The van der Waals surface area contributed by atoms with E-state index >= 15 is 0 Å². The largest absolute Gasteiger partial charge is 0.494 e. The average Bonchev–Trinajstić information content (AvgIpc) is 3.60. The zero-order valence-electron chi connectivity index (χ0n) is 18.7. The standard InChI is InChI=1S/C23H24N4O6S/c1-3-33-17-9-4-14(5-10-17)24-23-26(15-6-7-15)22(29)20(34-23)13-21(28)25-18-11-8-16(27(30)31)12-19(18)32-2/h4-5,8-12,15,20H,3,6-7,13H2,1-2H3,(H,25,28). The van der Waals surface area contributed by atoms with E-state index in [1.807, 2.05) is 31.2 Å². The Kier molecular flexibility index (Phi) is 7.01. The SMILES string of the molecule is CCOc1ccc(N=C2SC(CC(=O)Nc3ccc([N+](=O)[O-])cc3OC)C(=O)N2C2CC2)cc1. The lowest BCUT2D eigenvalue weighted by molar-refractivity contribution is -0.384. The smallest absolute Gasteiger partial charge is 0.273 e.